The molecule has 3 saturated heterocycles. The van der Waals surface area contributed by atoms with Crippen molar-refractivity contribution in [3.05, 3.63) is 28.8 Å². The standard InChI is InChI=1S/C22H26ClN3O4/c1-11(2)9-15-16-17(20(28)26(19(16)27)10-12-5-4-8-30-12)22(25-15)13-6-3-7-14(23)18(13)24-21(22)29/h3,6-7,11-12,15-17,25H,4-5,8-10H2,1-2H3,(H,24,29). The van der Waals surface area contributed by atoms with Crippen LogP contribution < -0.4 is 10.6 Å². The number of carbonyl (C=O) groups excluding carboxylic acids is 3. The fourth-order valence-electron chi connectivity index (χ4n) is 5.74. The summed E-state index contributed by atoms with van der Waals surface area (Å²) in [7, 11) is 0. The first kappa shape index (κ1) is 20.0. The summed E-state index contributed by atoms with van der Waals surface area (Å²) in [5, 5.41) is 6.73. The molecule has 5 rings (SSSR count). The topological polar surface area (TPSA) is 87.7 Å². The van der Waals surface area contributed by atoms with Crippen LogP contribution >= 0.6 is 11.6 Å². The van der Waals surface area contributed by atoms with Gasteiger partial charge in [-0.3, -0.25) is 24.6 Å². The highest BCUT2D eigenvalue weighted by Gasteiger charge is 2.70. The lowest BCUT2D eigenvalue weighted by atomic mass is 9.76. The zero-order valence-electron chi connectivity index (χ0n) is 17.1. The van der Waals surface area contributed by atoms with Gasteiger partial charge >= 0.3 is 0 Å². The lowest BCUT2D eigenvalue weighted by Gasteiger charge is -2.30. The number of anilines is 1. The Morgan fingerprint density at radius 3 is 2.77 bits per heavy atom. The van der Waals surface area contributed by atoms with Gasteiger partial charge in [0.15, 0.2) is 0 Å². The van der Waals surface area contributed by atoms with E-state index in [2.05, 4.69) is 24.5 Å². The minimum absolute atomic E-state index is 0.122. The summed E-state index contributed by atoms with van der Waals surface area (Å²) in [5.41, 5.74) is -0.0949. The van der Waals surface area contributed by atoms with Gasteiger partial charge in [-0.05, 0) is 31.2 Å². The number of likely N-dealkylation sites (tertiary alicyclic amines) is 1. The molecule has 8 heteroatoms. The molecule has 7 nitrogen and oxygen atoms in total. The molecule has 4 aliphatic heterocycles. The van der Waals surface area contributed by atoms with E-state index in [1.807, 2.05) is 6.07 Å². The van der Waals surface area contributed by atoms with E-state index in [-0.39, 0.29) is 36.4 Å². The van der Waals surface area contributed by atoms with Gasteiger partial charge in [0.25, 0.3) is 0 Å². The average molecular weight is 432 g/mol. The van der Waals surface area contributed by atoms with Crippen molar-refractivity contribution in [3.8, 4) is 0 Å². The van der Waals surface area contributed by atoms with Gasteiger partial charge in [0.1, 0.15) is 5.54 Å². The summed E-state index contributed by atoms with van der Waals surface area (Å²) in [6.07, 6.45) is 2.34. The van der Waals surface area contributed by atoms with Crippen LogP contribution in [0, 0.1) is 17.8 Å². The molecular weight excluding hydrogens is 406 g/mol. The predicted octanol–water partition coefficient (Wildman–Crippen LogP) is 2.29. The molecule has 4 aliphatic rings. The van der Waals surface area contributed by atoms with Crippen molar-refractivity contribution >= 4 is 35.0 Å². The van der Waals surface area contributed by atoms with Crippen molar-refractivity contribution in [3.63, 3.8) is 0 Å². The zero-order valence-corrected chi connectivity index (χ0v) is 17.9. The van der Waals surface area contributed by atoms with Crippen molar-refractivity contribution in [1.29, 1.82) is 0 Å². The Hall–Kier alpha value is -1.96. The third kappa shape index (κ3) is 2.68. The lowest BCUT2D eigenvalue weighted by molar-refractivity contribution is -0.144. The highest BCUT2D eigenvalue weighted by Crippen LogP contribution is 2.54. The van der Waals surface area contributed by atoms with Crippen molar-refractivity contribution in [2.24, 2.45) is 17.8 Å². The van der Waals surface area contributed by atoms with E-state index in [9.17, 15) is 14.4 Å². The summed E-state index contributed by atoms with van der Waals surface area (Å²) in [5.74, 6) is -1.85. The van der Waals surface area contributed by atoms with Gasteiger partial charge in [-0.1, -0.05) is 37.6 Å². The van der Waals surface area contributed by atoms with Gasteiger partial charge in [0.05, 0.1) is 35.2 Å². The quantitative estimate of drug-likeness (QED) is 0.714. The number of rotatable bonds is 4. The molecular formula is C22H26ClN3O4. The fraction of sp³-hybridized carbons (Fsp3) is 0.591. The summed E-state index contributed by atoms with van der Waals surface area (Å²) in [6.45, 7) is 5.07. The van der Waals surface area contributed by atoms with Gasteiger partial charge in [-0.2, -0.15) is 0 Å². The molecule has 1 spiro atoms. The van der Waals surface area contributed by atoms with E-state index in [0.29, 0.717) is 35.2 Å². The van der Waals surface area contributed by atoms with E-state index in [0.717, 1.165) is 12.8 Å². The maximum absolute atomic E-state index is 13.6. The van der Waals surface area contributed by atoms with Crippen LogP contribution in [0.15, 0.2) is 18.2 Å². The number of benzene rings is 1. The Balaban J connectivity index is 1.59. The highest BCUT2D eigenvalue weighted by molar-refractivity contribution is 6.35. The number of carbonyl (C=O) groups is 3. The number of amides is 3. The molecule has 0 saturated carbocycles. The zero-order chi connectivity index (χ0) is 21.2. The number of nitrogens with zero attached hydrogens (tertiary/aromatic N) is 1. The van der Waals surface area contributed by atoms with Gasteiger partial charge in [0.2, 0.25) is 17.7 Å². The number of halogens is 1. The summed E-state index contributed by atoms with van der Waals surface area (Å²) >= 11 is 6.35. The molecule has 1 aromatic carbocycles. The molecule has 4 heterocycles. The normalized spacial score (nSPS) is 34.9. The van der Waals surface area contributed by atoms with Crippen LogP contribution in [-0.4, -0.2) is 47.9 Å². The molecule has 0 aliphatic carbocycles. The van der Waals surface area contributed by atoms with Crippen LogP contribution in [0.25, 0.3) is 0 Å². The lowest BCUT2D eigenvalue weighted by Crippen LogP contribution is -2.53. The van der Waals surface area contributed by atoms with Crippen molar-refractivity contribution in [2.75, 3.05) is 18.5 Å². The third-order valence-electron chi connectivity index (χ3n) is 6.93. The summed E-state index contributed by atoms with van der Waals surface area (Å²) in [6, 6.07) is 5.04. The molecule has 0 bridgehead atoms. The van der Waals surface area contributed by atoms with Gasteiger partial charge in [-0.25, -0.2) is 0 Å². The number of fused-ring (bicyclic) bond motifs is 4. The molecule has 1 aromatic rings. The molecule has 0 aromatic heterocycles. The van der Waals surface area contributed by atoms with Crippen LogP contribution in [0.4, 0.5) is 5.69 Å². The molecule has 5 atom stereocenters. The molecule has 3 fully saturated rings. The minimum atomic E-state index is -1.28. The molecule has 30 heavy (non-hydrogen) atoms. The highest BCUT2D eigenvalue weighted by atomic mass is 35.5. The summed E-state index contributed by atoms with van der Waals surface area (Å²) in [4.78, 5) is 41.8. The summed E-state index contributed by atoms with van der Waals surface area (Å²) < 4.78 is 5.68. The number of ether oxygens (including phenoxy) is 1. The van der Waals surface area contributed by atoms with Gasteiger partial charge in [-0.15, -0.1) is 0 Å². The Morgan fingerprint density at radius 2 is 2.07 bits per heavy atom. The van der Waals surface area contributed by atoms with E-state index in [1.165, 1.54) is 4.90 Å². The van der Waals surface area contributed by atoms with Crippen LogP contribution in [0.3, 0.4) is 0 Å². The van der Waals surface area contributed by atoms with Crippen LogP contribution in [-0.2, 0) is 24.7 Å². The number of hydrogen-bond donors (Lipinski definition) is 2. The second kappa shape index (κ2) is 7.04. The second-order valence-electron chi connectivity index (χ2n) is 9.23. The minimum Gasteiger partial charge on any atom is -0.376 e. The first-order valence-corrected chi connectivity index (χ1v) is 11.1. The average Bonchev–Trinajstić information content (AvgIpc) is 3.42. The fourth-order valence-corrected chi connectivity index (χ4v) is 5.96. The van der Waals surface area contributed by atoms with E-state index < -0.39 is 17.4 Å². The van der Waals surface area contributed by atoms with E-state index in [1.54, 1.807) is 12.1 Å². The number of nitrogens with one attached hydrogen (secondary N) is 2. The second-order valence-corrected chi connectivity index (χ2v) is 9.64. The predicted molar refractivity (Wildman–Crippen MR) is 111 cm³/mol. The van der Waals surface area contributed by atoms with Gasteiger partial charge < -0.3 is 10.1 Å². The van der Waals surface area contributed by atoms with E-state index >= 15 is 0 Å². The number of imide groups is 1. The van der Waals surface area contributed by atoms with Crippen molar-refractivity contribution in [1.82, 2.24) is 10.2 Å². The SMILES string of the molecule is CC(C)CC1NC2(C(=O)Nc3c(Cl)cccc32)C2C(=O)N(CC3CCCO3)C(=O)C12. The van der Waals surface area contributed by atoms with Crippen LogP contribution in [0.5, 0.6) is 0 Å². The first-order valence-electron chi connectivity index (χ1n) is 10.7. The van der Waals surface area contributed by atoms with Crippen LogP contribution in [0.2, 0.25) is 5.02 Å². The van der Waals surface area contributed by atoms with Crippen molar-refractivity contribution in [2.45, 2.75) is 50.8 Å². The molecule has 5 unspecified atom stereocenters. The maximum Gasteiger partial charge on any atom is 0.250 e. The number of hydrogen-bond acceptors (Lipinski definition) is 5. The Kier molecular flexibility index (Phi) is 4.69. The van der Waals surface area contributed by atoms with Gasteiger partial charge in [0, 0.05) is 18.2 Å². The monoisotopic (exact) mass is 431 g/mol. The third-order valence-corrected chi connectivity index (χ3v) is 7.24. The number of para-hydroxylation sites is 1. The first-order chi connectivity index (χ1) is 14.3. The van der Waals surface area contributed by atoms with Crippen LogP contribution in [0.1, 0.15) is 38.7 Å². The maximum atomic E-state index is 13.6. The van der Waals surface area contributed by atoms with E-state index in [4.69, 9.17) is 16.3 Å². The molecule has 160 valence electrons. The van der Waals surface area contributed by atoms with Crippen molar-refractivity contribution < 1.29 is 19.1 Å². The Labute approximate surface area is 180 Å². The molecule has 0 radical (unpaired) electrons. The smallest absolute Gasteiger partial charge is 0.250 e. The Bertz CT molecular complexity index is 929. The Morgan fingerprint density at radius 1 is 1.27 bits per heavy atom. The molecule has 3 amide bonds. The molecule has 2 N–H and O–H groups in total. The largest absolute Gasteiger partial charge is 0.376 e.